The van der Waals surface area contributed by atoms with Crippen LogP contribution in [0.1, 0.15) is 112 Å². The van der Waals surface area contributed by atoms with E-state index in [4.69, 9.17) is 0 Å². The average molecular weight is 399 g/mol. The maximum absolute atomic E-state index is 12.1. The first-order valence-electron chi connectivity index (χ1n) is 13.0. The second-order valence-corrected chi connectivity index (χ2v) is 12.1. The summed E-state index contributed by atoms with van der Waals surface area (Å²) in [4.78, 5) is 12.1. The molecule has 0 amide bonds. The summed E-state index contributed by atoms with van der Waals surface area (Å²) in [7, 11) is 0. The molecule has 3 saturated carbocycles. The smallest absolute Gasteiger partial charge is 0.133 e. The van der Waals surface area contributed by atoms with Crippen LogP contribution in [0.2, 0.25) is 0 Å². The molecule has 0 aromatic carbocycles. The lowest BCUT2D eigenvalue weighted by Gasteiger charge is -2.57. The minimum absolute atomic E-state index is 0.402. The highest BCUT2D eigenvalue weighted by Gasteiger charge is 2.58. The van der Waals surface area contributed by atoms with Crippen LogP contribution in [0, 0.1) is 46.3 Å². The lowest BCUT2D eigenvalue weighted by Crippen LogP contribution is -2.49. The quantitative estimate of drug-likeness (QED) is 0.414. The van der Waals surface area contributed by atoms with Gasteiger partial charge < -0.3 is 0 Å². The number of carbonyl (C=O) groups is 1. The van der Waals surface area contributed by atoms with Crippen LogP contribution >= 0.6 is 0 Å². The first-order valence-corrected chi connectivity index (χ1v) is 13.0. The first-order chi connectivity index (χ1) is 13.8. The Morgan fingerprint density at radius 1 is 1.03 bits per heavy atom. The highest BCUT2D eigenvalue weighted by Crippen LogP contribution is 2.66. The SMILES string of the molecule is CC[C@@H](C)CCCC(C)[C@H]1CCC2C3=CCC4CC(=O)CC[C@]4(C)C3CC[C@@]21C. The largest absolute Gasteiger partial charge is 0.300 e. The van der Waals surface area contributed by atoms with Gasteiger partial charge in [-0.15, -0.1) is 0 Å². The number of allylic oxidation sites excluding steroid dienone is 2. The molecule has 3 fully saturated rings. The molecule has 0 aromatic rings. The van der Waals surface area contributed by atoms with Crippen LogP contribution in [0.5, 0.6) is 0 Å². The summed E-state index contributed by atoms with van der Waals surface area (Å²) >= 11 is 0. The molecule has 164 valence electrons. The second kappa shape index (κ2) is 8.16. The molecule has 29 heavy (non-hydrogen) atoms. The molecule has 0 saturated heterocycles. The number of Topliss-reactive ketones (excluding diaryl/α,β-unsaturated/α-hetero) is 1. The van der Waals surface area contributed by atoms with Crippen LogP contribution in [0.3, 0.4) is 0 Å². The van der Waals surface area contributed by atoms with Crippen molar-refractivity contribution >= 4 is 5.78 Å². The predicted molar refractivity (Wildman–Crippen MR) is 123 cm³/mol. The monoisotopic (exact) mass is 398 g/mol. The molecule has 4 aliphatic carbocycles. The molecule has 1 nitrogen and oxygen atoms in total. The van der Waals surface area contributed by atoms with E-state index in [-0.39, 0.29) is 0 Å². The molecule has 4 rings (SSSR count). The molecular formula is C28H46O. The van der Waals surface area contributed by atoms with Crippen molar-refractivity contribution in [3.05, 3.63) is 11.6 Å². The Kier molecular flexibility index (Phi) is 6.09. The molecule has 4 unspecified atom stereocenters. The number of fused-ring (bicyclic) bond motifs is 5. The van der Waals surface area contributed by atoms with Gasteiger partial charge in [0.1, 0.15) is 5.78 Å². The van der Waals surface area contributed by atoms with E-state index in [2.05, 4.69) is 40.7 Å². The number of rotatable bonds is 6. The minimum atomic E-state index is 0.402. The third-order valence-electron chi connectivity index (χ3n) is 10.7. The Morgan fingerprint density at radius 2 is 1.79 bits per heavy atom. The average Bonchev–Trinajstić information content (AvgIpc) is 3.05. The van der Waals surface area contributed by atoms with E-state index >= 15 is 0 Å². The number of hydrogen-bond acceptors (Lipinski definition) is 1. The van der Waals surface area contributed by atoms with Gasteiger partial charge >= 0.3 is 0 Å². The van der Waals surface area contributed by atoms with E-state index in [1.807, 2.05) is 5.57 Å². The Bertz CT molecular complexity index is 647. The number of carbonyl (C=O) groups excluding carboxylic acids is 1. The van der Waals surface area contributed by atoms with Crippen LogP contribution in [-0.2, 0) is 4.79 Å². The van der Waals surface area contributed by atoms with E-state index < -0.39 is 0 Å². The predicted octanol–water partition coefficient (Wildman–Crippen LogP) is 7.99. The zero-order valence-corrected chi connectivity index (χ0v) is 19.9. The van der Waals surface area contributed by atoms with E-state index in [1.165, 1.54) is 57.8 Å². The van der Waals surface area contributed by atoms with Crippen molar-refractivity contribution < 1.29 is 4.79 Å². The van der Waals surface area contributed by atoms with Crippen LogP contribution in [0.4, 0.5) is 0 Å². The van der Waals surface area contributed by atoms with Gasteiger partial charge in [0.2, 0.25) is 0 Å². The molecule has 8 atom stereocenters. The summed E-state index contributed by atoms with van der Waals surface area (Å²) in [5, 5.41) is 0. The number of ketones is 1. The topological polar surface area (TPSA) is 17.1 Å². The summed E-state index contributed by atoms with van der Waals surface area (Å²) in [6, 6.07) is 0. The zero-order valence-electron chi connectivity index (χ0n) is 19.9. The molecule has 4 aliphatic rings. The fourth-order valence-corrected chi connectivity index (χ4v) is 8.47. The van der Waals surface area contributed by atoms with E-state index in [1.54, 1.807) is 0 Å². The lowest BCUT2D eigenvalue weighted by atomic mass is 9.47. The van der Waals surface area contributed by atoms with Gasteiger partial charge in [0.25, 0.3) is 0 Å². The van der Waals surface area contributed by atoms with Crippen molar-refractivity contribution in [3.8, 4) is 0 Å². The maximum atomic E-state index is 12.1. The van der Waals surface area contributed by atoms with E-state index in [0.29, 0.717) is 22.5 Å². The first kappa shape index (κ1) is 21.6. The van der Waals surface area contributed by atoms with Crippen molar-refractivity contribution in [1.29, 1.82) is 0 Å². The summed E-state index contributed by atoms with van der Waals surface area (Å²) in [5.41, 5.74) is 2.78. The van der Waals surface area contributed by atoms with Crippen LogP contribution < -0.4 is 0 Å². The van der Waals surface area contributed by atoms with Crippen molar-refractivity contribution in [2.24, 2.45) is 46.3 Å². The van der Waals surface area contributed by atoms with Crippen LogP contribution in [-0.4, -0.2) is 5.78 Å². The second-order valence-electron chi connectivity index (χ2n) is 12.1. The van der Waals surface area contributed by atoms with Gasteiger partial charge in [-0.05, 0) is 84.9 Å². The Morgan fingerprint density at radius 3 is 2.55 bits per heavy atom. The van der Waals surface area contributed by atoms with Gasteiger partial charge in [-0.2, -0.15) is 0 Å². The van der Waals surface area contributed by atoms with Crippen molar-refractivity contribution in [1.82, 2.24) is 0 Å². The maximum Gasteiger partial charge on any atom is 0.133 e. The normalized spacial score (nSPS) is 43.8. The molecule has 0 aromatic heterocycles. The molecule has 0 spiro atoms. The third kappa shape index (κ3) is 3.67. The van der Waals surface area contributed by atoms with Gasteiger partial charge in [0.05, 0.1) is 0 Å². The molecule has 0 bridgehead atoms. The standard InChI is InChI=1S/C28H46O/c1-6-19(2)8-7-9-20(3)24-12-13-25-23-11-10-21-18-22(29)14-16-27(21,4)26(23)15-17-28(24,25)5/h11,19-21,24-26H,6-10,12-18H2,1-5H3/t19-,20?,21?,24-,25?,26?,27+,28-/m1/s1. The van der Waals surface area contributed by atoms with Gasteiger partial charge in [-0.1, -0.05) is 72.0 Å². The fraction of sp³-hybridized carbons (Fsp3) is 0.893. The lowest BCUT2D eigenvalue weighted by molar-refractivity contribution is -0.127. The van der Waals surface area contributed by atoms with Crippen molar-refractivity contribution in [2.75, 3.05) is 0 Å². The highest BCUT2D eigenvalue weighted by atomic mass is 16.1. The summed E-state index contributed by atoms with van der Waals surface area (Å²) in [6.07, 6.45) is 18.0. The van der Waals surface area contributed by atoms with E-state index in [0.717, 1.165) is 48.9 Å². The Hall–Kier alpha value is -0.590. The summed E-state index contributed by atoms with van der Waals surface area (Å²) in [5.74, 6) is 5.45. The summed E-state index contributed by atoms with van der Waals surface area (Å²) < 4.78 is 0. The molecule has 0 heterocycles. The molecular weight excluding hydrogens is 352 g/mol. The molecule has 0 aliphatic heterocycles. The van der Waals surface area contributed by atoms with Gasteiger partial charge in [0.15, 0.2) is 0 Å². The fourth-order valence-electron chi connectivity index (χ4n) is 8.47. The summed E-state index contributed by atoms with van der Waals surface area (Å²) in [6.45, 7) is 12.5. The number of hydrogen-bond donors (Lipinski definition) is 0. The molecule has 0 radical (unpaired) electrons. The van der Waals surface area contributed by atoms with Crippen LogP contribution in [0.15, 0.2) is 11.6 Å². The molecule has 1 heteroatoms. The van der Waals surface area contributed by atoms with Gasteiger partial charge in [0, 0.05) is 12.8 Å². The van der Waals surface area contributed by atoms with Gasteiger partial charge in [-0.3, -0.25) is 4.79 Å². The Labute approximate surface area is 180 Å². The van der Waals surface area contributed by atoms with Crippen molar-refractivity contribution in [3.63, 3.8) is 0 Å². The van der Waals surface area contributed by atoms with E-state index in [9.17, 15) is 4.79 Å². The highest BCUT2D eigenvalue weighted by molar-refractivity contribution is 5.79. The van der Waals surface area contributed by atoms with Crippen LogP contribution in [0.25, 0.3) is 0 Å². The third-order valence-corrected chi connectivity index (χ3v) is 10.7. The minimum Gasteiger partial charge on any atom is -0.300 e. The Balaban J connectivity index is 1.47. The van der Waals surface area contributed by atoms with Gasteiger partial charge in [-0.25, -0.2) is 0 Å². The zero-order chi connectivity index (χ0) is 20.8. The molecule has 0 N–H and O–H groups in total. The van der Waals surface area contributed by atoms with Crippen molar-refractivity contribution in [2.45, 2.75) is 112 Å².